The fourth-order valence-corrected chi connectivity index (χ4v) is 1.07. The number of hydrogen-bond acceptors (Lipinski definition) is 2. The van der Waals surface area contributed by atoms with Crippen LogP contribution in [0.2, 0.25) is 0 Å². The quantitative estimate of drug-likeness (QED) is 0.805. The van der Waals surface area contributed by atoms with Crippen LogP contribution in [0.1, 0.15) is 11.1 Å². The van der Waals surface area contributed by atoms with Crippen LogP contribution in [0.3, 0.4) is 0 Å². The summed E-state index contributed by atoms with van der Waals surface area (Å²) >= 11 is 0. The van der Waals surface area contributed by atoms with Gasteiger partial charge in [0.2, 0.25) is 0 Å². The third-order valence-electron chi connectivity index (χ3n) is 1.68. The van der Waals surface area contributed by atoms with Gasteiger partial charge in [0.05, 0.1) is 12.2 Å². The summed E-state index contributed by atoms with van der Waals surface area (Å²) in [6, 6.07) is 3.15. The minimum Gasteiger partial charge on any atom is -0.507 e. The van der Waals surface area contributed by atoms with E-state index in [-0.39, 0.29) is 6.61 Å². The summed E-state index contributed by atoms with van der Waals surface area (Å²) in [5, 5.41) is 9.08. The molecule has 78 valence electrons. The van der Waals surface area contributed by atoms with E-state index in [0.29, 0.717) is 5.56 Å². The number of rotatable bonds is 2. The average molecular weight is 206 g/mol. The minimum atomic E-state index is -4.52. The van der Waals surface area contributed by atoms with Crippen molar-refractivity contribution in [3.63, 3.8) is 0 Å². The molecule has 1 rings (SSSR count). The van der Waals surface area contributed by atoms with Crippen molar-refractivity contribution < 1.29 is 23.0 Å². The van der Waals surface area contributed by atoms with Gasteiger partial charge in [-0.25, -0.2) is 0 Å². The molecule has 5 heteroatoms. The lowest BCUT2D eigenvalue weighted by molar-refractivity contribution is -0.138. The van der Waals surface area contributed by atoms with Crippen molar-refractivity contribution in [1.82, 2.24) is 0 Å². The number of benzene rings is 1. The molecule has 0 aliphatic heterocycles. The van der Waals surface area contributed by atoms with Crippen LogP contribution < -0.4 is 0 Å². The van der Waals surface area contributed by atoms with Crippen molar-refractivity contribution in [3.8, 4) is 5.75 Å². The highest BCUT2D eigenvalue weighted by molar-refractivity contribution is 5.38. The summed E-state index contributed by atoms with van der Waals surface area (Å²) in [4.78, 5) is 0. The van der Waals surface area contributed by atoms with Crippen molar-refractivity contribution >= 4 is 0 Å². The van der Waals surface area contributed by atoms with Gasteiger partial charge < -0.3 is 9.84 Å². The molecule has 0 radical (unpaired) electrons. The first kappa shape index (κ1) is 10.8. The molecule has 0 unspecified atom stereocenters. The molecule has 2 nitrogen and oxygen atoms in total. The third kappa shape index (κ3) is 2.38. The SMILES string of the molecule is COCc1ccc(C(F)(F)F)c(O)c1. The molecular weight excluding hydrogens is 197 g/mol. The summed E-state index contributed by atoms with van der Waals surface area (Å²) in [6.07, 6.45) is -4.52. The van der Waals surface area contributed by atoms with E-state index in [0.717, 1.165) is 12.1 Å². The van der Waals surface area contributed by atoms with Crippen LogP contribution in [0.4, 0.5) is 13.2 Å². The maximum atomic E-state index is 12.2. The maximum Gasteiger partial charge on any atom is 0.419 e. The number of hydrogen-bond donors (Lipinski definition) is 1. The lowest BCUT2D eigenvalue weighted by Gasteiger charge is -2.09. The van der Waals surface area contributed by atoms with Crippen LogP contribution in [0.25, 0.3) is 0 Å². The molecule has 0 bridgehead atoms. The molecule has 0 aromatic heterocycles. The second-order valence-electron chi connectivity index (χ2n) is 2.78. The molecule has 1 N–H and O–H groups in total. The van der Waals surface area contributed by atoms with Gasteiger partial charge in [0, 0.05) is 7.11 Å². The Morgan fingerprint density at radius 3 is 2.43 bits per heavy atom. The molecule has 1 aromatic carbocycles. The molecule has 0 atom stereocenters. The van der Waals surface area contributed by atoms with E-state index in [1.165, 1.54) is 13.2 Å². The average Bonchev–Trinajstić information content (AvgIpc) is 2.02. The number of halogens is 3. The number of phenolic OH excluding ortho intramolecular Hbond substituents is 1. The van der Waals surface area contributed by atoms with Gasteiger partial charge in [-0.2, -0.15) is 13.2 Å². The van der Waals surface area contributed by atoms with E-state index in [9.17, 15) is 13.2 Å². The van der Waals surface area contributed by atoms with Gasteiger partial charge >= 0.3 is 6.18 Å². The molecule has 0 amide bonds. The maximum absolute atomic E-state index is 12.2. The molecule has 0 spiro atoms. The first-order chi connectivity index (χ1) is 6.45. The number of alkyl halides is 3. The van der Waals surface area contributed by atoms with Crippen molar-refractivity contribution in [3.05, 3.63) is 29.3 Å². The Morgan fingerprint density at radius 1 is 1.36 bits per heavy atom. The highest BCUT2D eigenvalue weighted by Crippen LogP contribution is 2.35. The van der Waals surface area contributed by atoms with Crippen LogP contribution in [0, 0.1) is 0 Å². The molecule has 0 saturated carbocycles. The van der Waals surface area contributed by atoms with Gasteiger partial charge in [-0.3, -0.25) is 0 Å². The molecule has 1 aromatic rings. The standard InChI is InChI=1S/C9H9F3O2/c1-14-5-6-2-3-7(8(13)4-6)9(10,11)12/h2-4,13H,5H2,1H3. The molecule has 14 heavy (non-hydrogen) atoms. The highest BCUT2D eigenvalue weighted by Gasteiger charge is 2.33. The van der Waals surface area contributed by atoms with Crippen LogP contribution in [0.15, 0.2) is 18.2 Å². The molecule has 0 fully saturated rings. The number of methoxy groups -OCH3 is 1. The monoisotopic (exact) mass is 206 g/mol. The lowest BCUT2D eigenvalue weighted by atomic mass is 10.1. The van der Waals surface area contributed by atoms with Gasteiger partial charge in [0.15, 0.2) is 0 Å². The van der Waals surface area contributed by atoms with Gasteiger partial charge in [0.1, 0.15) is 5.75 Å². The third-order valence-corrected chi connectivity index (χ3v) is 1.68. The van der Waals surface area contributed by atoms with Crippen molar-refractivity contribution in [2.75, 3.05) is 7.11 Å². The molecular formula is C9H9F3O2. The second-order valence-corrected chi connectivity index (χ2v) is 2.78. The highest BCUT2D eigenvalue weighted by atomic mass is 19.4. The number of phenols is 1. The molecule has 0 aliphatic carbocycles. The fraction of sp³-hybridized carbons (Fsp3) is 0.333. The Kier molecular flexibility index (Phi) is 3.00. The van der Waals surface area contributed by atoms with E-state index >= 15 is 0 Å². The van der Waals surface area contributed by atoms with E-state index < -0.39 is 17.5 Å². The summed E-state index contributed by atoms with van der Waals surface area (Å²) in [7, 11) is 1.43. The zero-order chi connectivity index (χ0) is 10.8. The van der Waals surface area contributed by atoms with Crippen LogP contribution in [-0.4, -0.2) is 12.2 Å². The van der Waals surface area contributed by atoms with E-state index in [4.69, 9.17) is 9.84 Å². The zero-order valence-corrected chi connectivity index (χ0v) is 7.43. The lowest BCUT2D eigenvalue weighted by Crippen LogP contribution is -2.05. The van der Waals surface area contributed by atoms with E-state index in [1.54, 1.807) is 0 Å². The van der Waals surface area contributed by atoms with Crippen molar-refractivity contribution in [2.24, 2.45) is 0 Å². The Labute approximate surface area is 78.9 Å². The van der Waals surface area contributed by atoms with Gasteiger partial charge in [-0.15, -0.1) is 0 Å². The largest absolute Gasteiger partial charge is 0.507 e. The van der Waals surface area contributed by atoms with E-state index in [1.807, 2.05) is 0 Å². The fourth-order valence-electron chi connectivity index (χ4n) is 1.07. The summed E-state index contributed by atoms with van der Waals surface area (Å²) < 4.78 is 41.2. The Bertz CT molecular complexity index is 320. The predicted octanol–water partition coefficient (Wildman–Crippen LogP) is 2.56. The van der Waals surface area contributed by atoms with Crippen molar-refractivity contribution in [2.45, 2.75) is 12.8 Å². The summed E-state index contributed by atoms with van der Waals surface area (Å²) in [6.45, 7) is 0.172. The number of aromatic hydroxyl groups is 1. The Morgan fingerprint density at radius 2 is 2.00 bits per heavy atom. The summed E-state index contributed by atoms with van der Waals surface area (Å²) in [5.74, 6) is -0.771. The molecule has 0 saturated heterocycles. The smallest absolute Gasteiger partial charge is 0.419 e. The Balaban J connectivity index is 3.02. The van der Waals surface area contributed by atoms with Gasteiger partial charge in [-0.1, -0.05) is 6.07 Å². The first-order valence-electron chi connectivity index (χ1n) is 3.83. The van der Waals surface area contributed by atoms with Crippen LogP contribution in [0.5, 0.6) is 5.75 Å². The molecule has 0 heterocycles. The second kappa shape index (κ2) is 3.88. The first-order valence-corrected chi connectivity index (χ1v) is 3.83. The topological polar surface area (TPSA) is 29.5 Å². The minimum absolute atomic E-state index is 0.172. The summed E-state index contributed by atoms with van der Waals surface area (Å²) in [5.41, 5.74) is -0.532. The Hall–Kier alpha value is -1.23. The van der Waals surface area contributed by atoms with Crippen LogP contribution >= 0.6 is 0 Å². The van der Waals surface area contributed by atoms with Gasteiger partial charge in [-0.05, 0) is 17.7 Å². The normalized spacial score (nSPS) is 11.7. The van der Waals surface area contributed by atoms with Crippen molar-refractivity contribution in [1.29, 1.82) is 0 Å². The predicted molar refractivity (Wildman–Crippen MR) is 43.8 cm³/mol. The van der Waals surface area contributed by atoms with Gasteiger partial charge in [0.25, 0.3) is 0 Å². The number of ether oxygens (including phenoxy) is 1. The van der Waals surface area contributed by atoms with E-state index in [2.05, 4.69) is 0 Å². The molecule has 0 aliphatic rings. The zero-order valence-electron chi connectivity index (χ0n) is 7.43. The van der Waals surface area contributed by atoms with Crippen LogP contribution in [-0.2, 0) is 17.5 Å².